The molecule has 3 N–H and O–H groups in total. The Labute approximate surface area is 118 Å². The van der Waals surface area contributed by atoms with E-state index in [0.717, 1.165) is 17.1 Å². The van der Waals surface area contributed by atoms with Crippen LogP contribution in [0.2, 0.25) is 0 Å². The molecule has 0 aromatic heterocycles. The van der Waals surface area contributed by atoms with Crippen molar-refractivity contribution in [3.05, 3.63) is 23.8 Å². The molecule has 1 aromatic rings. The van der Waals surface area contributed by atoms with E-state index < -0.39 is 0 Å². The Hall–Kier alpha value is -1.46. The lowest BCUT2D eigenvalue weighted by Crippen LogP contribution is -2.25. The zero-order valence-electron chi connectivity index (χ0n) is 10.8. The maximum absolute atomic E-state index is 11.6. The summed E-state index contributed by atoms with van der Waals surface area (Å²) >= 11 is 0. The first kappa shape index (κ1) is 15.6. The van der Waals surface area contributed by atoms with Crippen LogP contribution < -0.4 is 20.5 Å². The summed E-state index contributed by atoms with van der Waals surface area (Å²) in [6, 6.07) is 5.70. The fourth-order valence-corrected chi connectivity index (χ4v) is 1.77. The summed E-state index contributed by atoms with van der Waals surface area (Å²) in [5.41, 5.74) is 6.53. The molecular weight excluding hydrogens is 268 g/mol. The summed E-state index contributed by atoms with van der Waals surface area (Å²) in [7, 11) is 0. The molecule has 0 fully saturated rings. The van der Waals surface area contributed by atoms with E-state index in [4.69, 9.17) is 15.2 Å². The number of nitrogens with two attached hydrogens (primary N) is 1. The van der Waals surface area contributed by atoms with Gasteiger partial charge in [-0.3, -0.25) is 4.79 Å². The Morgan fingerprint density at radius 2 is 2.26 bits per heavy atom. The first-order valence-corrected chi connectivity index (χ1v) is 6.06. The highest BCUT2D eigenvalue weighted by atomic mass is 35.5. The van der Waals surface area contributed by atoms with Gasteiger partial charge in [0.25, 0.3) is 0 Å². The minimum atomic E-state index is 0. The van der Waals surface area contributed by atoms with Gasteiger partial charge in [-0.15, -0.1) is 12.4 Å². The summed E-state index contributed by atoms with van der Waals surface area (Å²) in [5, 5.41) is 2.85. The second-order valence-electron chi connectivity index (χ2n) is 4.44. The lowest BCUT2D eigenvalue weighted by molar-refractivity contribution is -0.121. The molecule has 1 aliphatic rings. The zero-order valence-corrected chi connectivity index (χ0v) is 11.7. The SMILES string of the molecule is CC(N)CCC(=O)NCc1cccc2c1OCO2.Cl. The van der Waals surface area contributed by atoms with Crippen LogP contribution in [0, 0.1) is 0 Å². The van der Waals surface area contributed by atoms with Crippen LogP contribution in [-0.4, -0.2) is 18.7 Å². The van der Waals surface area contributed by atoms with Gasteiger partial charge in [0.15, 0.2) is 11.5 Å². The normalized spacial score (nSPS) is 13.6. The van der Waals surface area contributed by atoms with E-state index in [0.29, 0.717) is 19.4 Å². The van der Waals surface area contributed by atoms with Gasteiger partial charge in [-0.1, -0.05) is 12.1 Å². The third kappa shape index (κ3) is 4.29. The third-order valence-corrected chi connectivity index (χ3v) is 2.78. The molecule has 0 radical (unpaired) electrons. The van der Waals surface area contributed by atoms with Crippen LogP contribution in [0.1, 0.15) is 25.3 Å². The number of halogens is 1. The minimum Gasteiger partial charge on any atom is -0.454 e. The molecule has 1 unspecified atom stereocenters. The number of fused-ring (bicyclic) bond motifs is 1. The number of para-hydroxylation sites is 1. The van der Waals surface area contributed by atoms with Gasteiger partial charge in [0.05, 0.1) is 0 Å². The maximum Gasteiger partial charge on any atom is 0.231 e. The lowest BCUT2D eigenvalue weighted by Gasteiger charge is -2.08. The van der Waals surface area contributed by atoms with Crippen molar-refractivity contribution in [3.63, 3.8) is 0 Å². The van der Waals surface area contributed by atoms with E-state index in [9.17, 15) is 4.79 Å². The summed E-state index contributed by atoms with van der Waals surface area (Å²) in [5.74, 6) is 1.46. The average Bonchev–Trinajstić information content (AvgIpc) is 2.82. The zero-order chi connectivity index (χ0) is 13.0. The highest BCUT2D eigenvalue weighted by molar-refractivity contribution is 5.85. The molecule has 1 atom stereocenters. The lowest BCUT2D eigenvalue weighted by atomic mass is 10.1. The summed E-state index contributed by atoms with van der Waals surface area (Å²) in [4.78, 5) is 11.6. The first-order valence-electron chi connectivity index (χ1n) is 6.06. The van der Waals surface area contributed by atoms with E-state index in [1.54, 1.807) is 0 Å². The van der Waals surface area contributed by atoms with E-state index >= 15 is 0 Å². The molecule has 1 amide bonds. The molecule has 0 spiro atoms. The maximum atomic E-state index is 11.6. The summed E-state index contributed by atoms with van der Waals surface area (Å²) in [6.07, 6.45) is 1.14. The van der Waals surface area contributed by atoms with E-state index in [-0.39, 0.29) is 31.1 Å². The fourth-order valence-electron chi connectivity index (χ4n) is 1.77. The quantitative estimate of drug-likeness (QED) is 0.862. The predicted molar refractivity (Wildman–Crippen MR) is 74.5 cm³/mol. The second kappa shape index (κ2) is 7.21. The van der Waals surface area contributed by atoms with Crippen molar-refractivity contribution in [1.29, 1.82) is 0 Å². The molecule has 19 heavy (non-hydrogen) atoms. The summed E-state index contributed by atoms with van der Waals surface area (Å²) < 4.78 is 10.6. The number of hydrogen-bond donors (Lipinski definition) is 2. The number of rotatable bonds is 5. The predicted octanol–water partition coefficient (Wildman–Crippen LogP) is 1.58. The largest absolute Gasteiger partial charge is 0.454 e. The number of nitrogens with one attached hydrogen (secondary N) is 1. The van der Waals surface area contributed by atoms with Gasteiger partial charge >= 0.3 is 0 Å². The highest BCUT2D eigenvalue weighted by Crippen LogP contribution is 2.35. The van der Waals surface area contributed by atoms with Gasteiger partial charge in [-0.25, -0.2) is 0 Å². The Morgan fingerprint density at radius 1 is 1.47 bits per heavy atom. The van der Waals surface area contributed by atoms with Crippen molar-refractivity contribution in [2.45, 2.75) is 32.4 Å². The number of amides is 1. The smallest absolute Gasteiger partial charge is 0.231 e. The number of benzene rings is 1. The Bertz CT molecular complexity index is 438. The van der Waals surface area contributed by atoms with Gasteiger partial charge in [0, 0.05) is 24.6 Å². The molecule has 106 valence electrons. The van der Waals surface area contributed by atoms with Gasteiger partial charge < -0.3 is 20.5 Å². The number of carbonyl (C=O) groups is 1. The van der Waals surface area contributed by atoms with Gasteiger partial charge in [-0.2, -0.15) is 0 Å². The van der Waals surface area contributed by atoms with Crippen LogP contribution in [0.4, 0.5) is 0 Å². The third-order valence-electron chi connectivity index (χ3n) is 2.78. The van der Waals surface area contributed by atoms with Crippen molar-refractivity contribution in [2.75, 3.05) is 6.79 Å². The van der Waals surface area contributed by atoms with Crippen LogP contribution in [0.15, 0.2) is 18.2 Å². The van der Waals surface area contributed by atoms with Crippen LogP contribution in [0.5, 0.6) is 11.5 Å². The van der Waals surface area contributed by atoms with Crippen LogP contribution in [-0.2, 0) is 11.3 Å². The van der Waals surface area contributed by atoms with Gasteiger partial charge in [-0.05, 0) is 19.4 Å². The molecule has 0 saturated heterocycles. The molecule has 0 bridgehead atoms. The van der Waals surface area contributed by atoms with Crippen molar-refractivity contribution >= 4 is 18.3 Å². The van der Waals surface area contributed by atoms with Gasteiger partial charge in [0.2, 0.25) is 12.7 Å². The molecule has 2 rings (SSSR count). The number of hydrogen-bond acceptors (Lipinski definition) is 4. The van der Waals surface area contributed by atoms with Crippen molar-refractivity contribution in [2.24, 2.45) is 5.73 Å². The topological polar surface area (TPSA) is 73.6 Å². The first-order chi connectivity index (χ1) is 8.66. The highest BCUT2D eigenvalue weighted by Gasteiger charge is 2.17. The second-order valence-corrected chi connectivity index (χ2v) is 4.44. The van der Waals surface area contributed by atoms with Crippen molar-refractivity contribution in [1.82, 2.24) is 5.32 Å². The molecule has 6 heteroatoms. The fraction of sp³-hybridized carbons (Fsp3) is 0.462. The van der Waals surface area contributed by atoms with Crippen LogP contribution in [0.3, 0.4) is 0 Å². The Balaban J connectivity index is 0.00000180. The van der Waals surface area contributed by atoms with Crippen LogP contribution >= 0.6 is 12.4 Å². The van der Waals surface area contributed by atoms with E-state index in [1.165, 1.54) is 0 Å². The molecule has 1 heterocycles. The van der Waals surface area contributed by atoms with Crippen LogP contribution in [0.25, 0.3) is 0 Å². The number of ether oxygens (including phenoxy) is 2. The molecular formula is C13H19ClN2O3. The average molecular weight is 287 g/mol. The molecule has 1 aliphatic heterocycles. The van der Waals surface area contributed by atoms with Crippen molar-refractivity contribution < 1.29 is 14.3 Å². The Kier molecular flexibility index (Phi) is 5.92. The monoisotopic (exact) mass is 286 g/mol. The minimum absolute atomic E-state index is 0. The Morgan fingerprint density at radius 3 is 3.00 bits per heavy atom. The standard InChI is InChI=1S/C13H18N2O3.ClH/c1-9(14)5-6-12(16)15-7-10-3-2-4-11-13(10)18-8-17-11;/h2-4,9H,5-8,14H2,1H3,(H,15,16);1H. The number of carbonyl (C=O) groups excluding carboxylic acids is 1. The molecule has 0 saturated carbocycles. The molecule has 5 nitrogen and oxygen atoms in total. The molecule has 0 aliphatic carbocycles. The van der Waals surface area contributed by atoms with Gasteiger partial charge in [0.1, 0.15) is 0 Å². The van der Waals surface area contributed by atoms with Crippen molar-refractivity contribution in [3.8, 4) is 11.5 Å². The van der Waals surface area contributed by atoms with E-state index in [1.807, 2.05) is 25.1 Å². The molecule has 1 aromatic carbocycles. The summed E-state index contributed by atoms with van der Waals surface area (Å²) in [6.45, 7) is 2.58. The van der Waals surface area contributed by atoms with E-state index in [2.05, 4.69) is 5.32 Å².